The summed E-state index contributed by atoms with van der Waals surface area (Å²) in [5.74, 6) is 0.143. The fourth-order valence-electron chi connectivity index (χ4n) is 3.10. The van der Waals surface area contributed by atoms with E-state index in [1.54, 1.807) is 26.0 Å². The van der Waals surface area contributed by atoms with Crippen LogP contribution in [0.3, 0.4) is 0 Å². The lowest BCUT2D eigenvalue weighted by Gasteiger charge is -2.22. The summed E-state index contributed by atoms with van der Waals surface area (Å²) in [4.78, 5) is 26.2. The summed E-state index contributed by atoms with van der Waals surface area (Å²) in [6, 6.07) is 11.0. The molecule has 2 atom stereocenters. The smallest absolute Gasteiger partial charge is 0.341 e. The summed E-state index contributed by atoms with van der Waals surface area (Å²) in [6.45, 7) is 12.4. The van der Waals surface area contributed by atoms with Crippen LogP contribution in [-0.4, -0.2) is 24.6 Å². The summed E-state index contributed by atoms with van der Waals surface area (Å²) in [5.41, 5.74) is 0.558. The highest BCUT2D eigenvalue weighted by Crippen LogP contribution is 2.38. The first kappa shape index (κ1) is 22.9. The molecule has 1 amide bonds. The molecule has 0 aliphatic heterocycles. The summed E-state index contributed by atoms with van der Waals surface area (Å²) < 4.78 is 10.9. The van der Waals surface area contributed by atoms with Crippen molar-refractivity contribution in [1.82, 2.24) is 0 Å². The molecule has 0 spiro atoms. The third-order valence-electron chi connectivity index (χ3n) is 4.31. The van der Waals surface area contributed by atoms with Gasteiger partial charge in [0.15, 0.2) is 6.10 Å². The van der Waals surface area contributed by atoms with E-state index in [0.717, 1.165) is 11.3 Å². The van der Waals surface area contributed by atoms with Crippen LogP contribution in [0.15, 0.2) is 36.4 Å². The van der Waals surface area contributed by atoms with Crippen LogP contribution in [0.5, 0.6) is 5.75 Å². The highest BCUT2D eigenvalue weighted by molar-refractivity contribution is 7.16. The number of carbonyl (C=O) groups excluding carboxylic acids is 2. The van der Waals surface area contributed by atoms with Crippen LogP contribution < -0.4 is 10.1 Å². The molecule has 6 heteroatoms. The number of nitrogens with one attached hydrogen (secondary N) is 1. The van der Waals surface area contributed by atoms with E-state index in [9.17, 15) is 9.59 Å². The molecule has 0 bridgehead atoms. The predicted molar refractivity (Wildman–Crippen MR) is 118 cm³/mol. The highest BCUT2D eigenvalue weighted by atomic mass is 32.1. The van der Waals surface area contributed by atoms with Crippen molar-refractivity contribution in [2.75, 3.05) is 11.9 Å². The number of para-hydroxylation sites is 1. The minimum Gasteiger partial charge on any atom is -0.481 e. The molecule has 29 heavy (non-hydrogen) atoms. The molecule has 0 unspecified atom stereocenters. The summed E-state index contributed by atoms with van der Waals surface area (Å²) in [5, 5.41) is 3.37. The lowest BCUT2D eigenvalue weighted by Crippen LogP contribution is -2.30. The average Bonchev–Trinajstić information content (AvgIpc) is 3.05. The fourth-order valence-corrected chi connectivity index (χ4v) is 4.20. The van der Waals surface area contributed by atoms with E-state index in [0.29, 0.717) is 16.3 Å². The first-order valence-corrected chi connectivity index (χ1v) is 10.8. The summed E-state index contributed by atoms with van der Waals surface area (Å²) in [7, 11) is 0. The Kier molecular flexibility index (Phi) is 7.85. The van der Waals surface area contributed by atoms with Crippen molar-refractivity contribution in [3.8, 4) is 5.75 Å². The van der Waals surface area contributed by atoms with Crippen LogP contribution in [0.2, 0.25) is 0 Å². The molecular weight excluding hydrogens is 386 g/mol. The number of ether oxygens (including phenoxy) is 2. The molecule has 158 valence electrons. The van der Waals surface area contributed by atoms with Crippen molar-refractivity contribution >= 4 is 28.2 Å². The molecule has 1 heterocycles. The number of amides is 1. The van der Waals surface area contributed by atoms with E-state index < -0.39 is 12.1 Å². The van der Waals surface area contributed by atoms with Crippen molar-refractivity contribution in [1.29, 1.82) is 0 Å². The number of hydrogen-bond acceptors (Lipinski definition) is 5. The SMILES string of the molecule is CCOC(=O)c1cc([C@@H](C)CC(C)(C)C)sc1NC(=O)[C@H](C)Oc1ccccc1. The lowest BCUT2D eigenvalue weighted by molar-refractivity contribution is -0.122. The Morgan fingerprint density at radius 1 is 1.14 bits per heavy atom. The molecule has 1 N–H and O–H groups in total. The van der Waals surface area contributed by atoms with Gasteiger partial charge in [-0.05, 0) is 49.8 Å². The Hall–Kier alpha value is -2.34. The molecule has 0 fully saturated rings. The molecule has 2 aromatic rings. The van der Waals surface area contributed by atoms with E-state index >= 15 is 0 Å². The summed E-state index contributed by atoms with van der Waals surface area (Å²) >= 11 is 1.43. The van der Waals surface area contributed by atoms with Gasteiger partial charge in [-0.3, -0.25) is 4.79 Å². The Morgan fingerprint density at radius 2 is 1.79 bits per heavy atom. The number of thiophene rings is 1. The molecule has 0 aliphatic carbocycles. The Labute approximate surface area is 177 Å². The second-order valence-corrected chi connectivity index (χ2v) is 9.42. The number of anilines is 1. The van der Waals surface area contributed by atoms with Crippen molar-refractivity contribution < 1.29 is 19.1 Å². The first-order chi connectivity index (χ1) is 13.6. The van der Waals surface area contributed by atoms with Gasteiger partial charge in [-0.2, -0.15) is 0 Å². The van der Waals surface area contributed by atoms with Gasteiger partial charge in [0.25, 0.3) is 5.91 Å². The zero-order valence-corrected chi connectivity index (χ0v) is 18.9. The van der Waals surface area contributed by atoms with E-state index in [4.69, 9.17) is 9.47 Å². The molecule has 1 aromatic carbocycles. The molecule has 0 saturated carbocycles. The van der Waals surface area contributed by atoms with Crippen LogP contribution in [0.1, 0.15) is 69.1 Å². The molecule has 0 saturated heterocycles. The standard InChI is InChI=1S/C23H31NO4S/c1-7-27-22(26)18-13-19(15(2)14-23(4,5)6)29-21(18)24-20(25)16(3)28-17-11-9-8-10-12-17/h8-13,15-16H,7,14H2,1-6H3,(H,24,25)/t15-,16-/m0/s1. The van der Waals surface area contributed by atoms with Crippen LogP contribution in [-0.2, 0) is 9.53 Å². The number of benzene rings is 1. The van der Waals surface area contributed by atoms with Gasteiger partial charge in [0.05, 0.1) is 12.2 Å². The van der Waals surface area contributed by atoms with Crippen molar-refractivity contribution in [2.24, 2.45) is 5.41 Å². The van der Waals surface area contributed by atoms with E-state index in [1.807, 2.05) is 24.3 Å². The maximum absolute atomic E-state index is 12.7. The van der Waals surface area contributed by atoms with Gasteiger partial charge in [0.2, 0.25) is 0 Å². The van der Waals surface area contributed by atoms with Gasteiger partial charge < -0.3 is 14.8 Å². The first-order valence-electron chi connectivity index (χ1n) is 9.94. The van der Waals surface area contributed by atoms with Gasteiger partial charge in [-0.25, -0.2) is 4.79 Å². The quantitative estimate of drug-likeness (QED) is 0.546. The zero-order chi connectivity index (χ0) is 21.6. The van der Waals surface area contributed by atoms with E-state index in [2.05, 4.69) is 33.0 Å². The van der Waals surface area contributed by atoms with E-state index in [1.165, 1.54) is 11.3 Å². The lowest BCUT2D eigenvalue weighted by atomic mass is 9.85. The minimum atomic E-state index is -0.704. The second kappa shape index (κ2) is 9.92. The van der Waals surface area contributed by atoms with Crippen LogP contribution in [0, 0.1) is 5.41 Å². The van der Waals surface area contributed by atoms with Crippen molar-refractivity contribution in [2.45, 2.75) is 60.0 Å². The third-order valence-corrected chi connectivity index (χ3v) is 5.59. The van der Waals surface area contributed by atoms with Gasteiger partial charge in [0, 0.05) is 4.88 Å². The summed E-state index contributed by atoms with van der Waals surface area (Å²) in [6.07, 6.45) is 0.265. The number of hydrogen-bond donors (Lipinski definition) is 1. The minimum absolute atomic E-state index is 0.162. The third kappa shape index (κ3) is 6.89. The largest absolute Gasteiger partial charge is 0.481 e. The van der Waals surface area contributed by atoms with Gasteiger partial charge >= 0.3 is 5.97 Å². The topological polar surface area (TPSA) is 64.6 Å². The molecule has 2 rings (SSSR count). The maximum Gasteiger partial charge on any atom is 0.341 e. The fraction of sp³-hybridized carbons (Fsp3) is 0.478. The zero-order valence-electron chi connectivity index (χ0n) is 18.1. The van der Waals surface area contributed by atoms with Gasteiger partial charge in [0.1, 0.15) is 10.8 Å². The van der Waals surface area contributed by atoms with Crippen molar-refractivity contribution in [3.63, 3.8) is 0 Å². The molecule has 1 aromatic heterocycles. The van der Waals surface area contributed by atoms with E-state index in [-0.39, 0.29) is 23.8 Å². The average molecular weight is 418 g/mol. The normalized spacial score (nSPS) is 13.4. The molecule has 0 aliphatic rings. The molecule has 0 radical (unpaired) electrons. The van der Waals surface area contributed by atoms with Crippen LogP contribution in [0.4, 0.5) is 5.00 Å². The second-order valence-electron chi connectivity index (χ2n) is 8.34. The highest BCUT2D eigenvalue weighted by Gasteiger charge is 2.25. The van der Waals surface area contributed by atoms with Gasteiger partial charge in [-0.1, -0.05) is 45.9 Å². The van der Waals surface area contributed by atoms with Gasteiger partial charge in [-0.15, -0.1) is 11.3 Å². The monoisotopic (exact) mass is 417 g/mol. The van der Waals surface area contributed by atoms with Crippen molar-refractivity contribution in [3.05, 3.63) is 46.8 Å². The molecule has 5 nitrogen and oxygen atoms in total. The van der Waals surface area contributed by atoms with Crippen LogP contribution >= 0.6 is 11.3 Å². The Bertz CT molecular complexity index is 823. The Morgan fingerprint density at radius 3 is 2.38 bits per heavy atom. The van der Waals surface area contributed by atoms with Crippen LogP contribution in [0.25, 0.3) is 0 Å². The predicted octanol–water partition coefficient (Wildman–Crippen LogP) is 5.87. The maximum atomic E-state index is 12.7. The molecular formula is C23H31NO4S. The number of carbonyl (C=O) groups is 2. The number of rotatable bonds is 8. The Balaban J connectivity index is 2.20. The number of esters is 1.